The molecular formula is C14H23NO3. The van der Waals surface area contributed by atoms with Crippen molar-refractivity contribution in [3.8, 4) is 17.2 Å². The summed E-state index contributed by atoms with van der Waals surface area (Å²) >= 11 is 0. The highest BCUT2D eigenvalue weighted by atomic mass is 16.5. The fraction of sp³-hybridized carbons (Fsp3) is 0.571. The van der Waals surface area contributed by atoms with Crippen molar-refractivity contribution in [2.75, 3.05) is 20.8 Å². The first kappa shape index (κ1) is 14.6. The molecule has 1 rings (SSSR count). The molecule has 0 fully saturated rings. The zero-order chi connectivity index (χ0) is 13.5. The van der Waals surface area contributed by atoms with E-state index in [4.69, 9.17) is 19.9 Å². The summed E-state index contributed by atoms with van der Waals surface area (Å²) in [7, 11) is 3.28. The third kappa shape index (κ3) is 3.53. The normalized spacial score (nSPS) is 12.1. The van der Waals surface area contributed by atoms with Gasteiger partial charge < -0.3 is 19.9 Å². The van der Waals surface area contributed by atoms with Gasteiger partial charge in [0, 0.05) is 12.1 Å². The lowest BCUT2D eigenvalue weighted by molar-refractivity contribution is 0.307. The van der Waals surface area contributed by atoms with E-state index in [1.54, 1.807) is 14.2 Å². The molecule has 0 saturated heterocycles. The summed E-state index contributed by atoms with van der Waals surface area (Å²) in [6.07, 6.45) is 1.70. The zero-order valence-electron chi connectivity index (χ0n) is 11.7. The molecule has 0 saturated carbocycles. The fourth-order valence-electron chi connectivity index (χ4n) is 1.79. The van der Waals surface area contributed by atoms with Crippen LogP contribution in [0.5, 0.6) is 17.2 Å². The largest absolute Gasteiger partial charge is 0.496 e. The van der Waals surface area contributed by atoms with Gasteiger partial charge in [-0.3, -0.25) is 0 Å². The van der Waals surface area contributed by atoms with E-state index in [1.807, 2.05) is 19.1 Å². The molecule has 18 heavy (non-hydrogen) atoms. The number of hydrogen-bond donors (Lipinski definition) is 1. The number of hydrogen-bond acceptors (Lipinski definition) is 4. The van der Waals surface area contributed by atoms with Crippen LogP contribution in [0.15, 0.2) is 12.1 Å². The van der Waals surface area contributed by atoms with Crippen molar-refractivity contribution in [3.05, 3.63) is 17.7 Å². The predicted octanol–water partition coefficient (Wildman–Crippen LogP) is 2.38. The van der Waals surface area contributed by atoms with E-state index in [1.165, 1.54) is 0 Å². The van der Waals surface area contributed by atoms with Crippen molar-refractivity contribution in [1.29, 1.82) is 0 Å². The highest BCUT2D eigenvalue weighted by Gasteiger charge is 2.14. The van der Waals surface area contributed by atoms with Crippen LogP contribution in [0.4, 0.5) is 0 Å². The van der Waals surface area contributed by atoms with Gasteiger partial charge in [-0.25, -0.2) is 0 Å². The second-order valence-corrected chi connectivity index (χ2v) is 4.12. The molecular weight excluding hydrogens is 230 g/mol. The minimum Gasteiger partial charge on any atom is -0.496 e. The highest BCUT2D eigenvalue weighted by Crippen LogP contribution is 2.35. The molecule has 4 nitrogen and oxygen atoms in total. The van der Waals surface area contributed by atoms with Crippen molar-refractivity contribution in [2.45, 2.75) is 32.7 Å². The first-order valence-electron chi connectivity index (χ1n) is 6.29. The Balaban J connectivity index is 3.09. The van der Waals surface area contributed by atoms with E-state index >= 15 is 0 Å². The van der Waals surface area contributed by atoms with Crippen molar-refractivity contribution in [3.63, 3.8) is 0 Å². The molecule has 0 aromatic heterocycles. The topological polar surface area (TPSA) is 53.7 Å². The number of methoxy groups -OCH3 is 2. The van der Waals surface area contributed by atoms with Gasteiger partial charge in [0.05, 0.1) is 20.8 Å². The Bertz CT molecular complexity index is 380. The maximum Gasteiger partial charge on any atom is 0.164 e. The van der Waals surface area contributed by atoms with Gasteiger partial charge in [-0.05, 0) is 31.4 Å². The van der Waals surface area contributed by atoms with Crippen LogP contribution in [0.2, 0.25) is 0 Å². The van der Waals surface area contributed by atoms with Gasteiger partial charge in [-0.2, -0.15) is 0 Å². The second kappa shape index (κ2) is 7.11. The lowest BCUT2D eigenvalue weighted by Gasteiger charge is -2.16. The molecule has 1 aromatic carbocycles. The Labute approximate surface area is 109 Å². The van der Waals surface area contributed by atoms with Crippen LogP contribution >= 0.6 is 0 Å². The Morgan fingerprint density at radius 2 is 1.72 bits per heavy atom. The van der Waals surface area contributed by atoms with Crippen molar-refractivity contribution < 1.29 is 14.2 Å². The van der Waals surface area contributed by atoms with Gasteiger partial charge in [0.2, 0.25) is 0 Å². The van der Waals surface area contributed by atoms with Crippen molar-refractivity contribution in [2.24, 2.45) is 5.73 Å². The molecule has 0 aliphatic carbocycles. The van der Waals surface area contributed by atoms with E-state index in [0.29, 0.717) is 12.4 Å². The summed E-state index contributed by atoms with van der Waals surface area (Å²) in [4.78, 5) is 0. The Kier molecular flexibility index (Phi) is 5.78. The van der Waals surface area contributed by atoms with Crippen LogP contribution in [-0.4, -0.2) is 26.9 Å². The predicted molar refractivity (Wildman–Crippen MR) is 72.7 cm³/mol. The fourth-order valence-corrected chi connectivity index (χ4v) is 1.79. The van der Waals surface area contributed by atoms with Crippen molar-refractivity contribution >= 4 is 0 Å². The minimum absolute atomic E-state index is 0.126. The summed E-state index contributed by atoms with van der Waals surface area (Å²) in [5.74, 6) is 2.21. The van der Waals surface area contributed by atoms with Gasteiger partial charge in [0.25, 0.3) is 0 Å². The second-order valence-electron chi connectivity index (χ2n) is 4.12. The van der Waals surface area contributed by atoms with Gasteiger partial charge in [0.1, 0.15) is 5.75 Å². The summed E-state index contributed by atoms with van der Waals surface area (Å²) < 4.78 is 16.2. The lowest BCUT2D eigenvalue weighted by Crippen LogP contribution is -2.21. The van der Waals surface area contributed by atoms with E-state index < -0.39 is 0 Å². The standard InChI is InChI=1S/C14H23NO3/c1-5-11(15)7-10-8-13(17-4)14(18-6-2)9-12(10)16-3/h8-9,11H,5-7,15H2,1-4H3. The third-order valence-corrected chi connectivity index (χ3v) is 2.87. The molecule has 0 aliphatic heterocycles. The Hall–Kier alpha value is -1.42. The molecule has 1 aromatic rings. The van der Waals surface area contributed by atoms with E-state index in [0.717, 1.165) is 29.9 Å². The van der Waals surface area contributed by atoms with Crippen LogP contribution in [-0.2, 0) is 6.42 Å². The maximum absolute atomic E-state index is 5.99. The molecule has 0 heterocycles. The summed E-state index contributed by atoms with van der Waals surface area (Å²) in [5.41, 5.74) is 7.04. The van der Waals surface area contributed by atoms with Crippen LogP contribution in [0.1, 0.15) is 25.8 Å². The van der Waals surface area contributed by atoms with E-state index in [9.17, 15) is 0 Å². The van der Waals surface area contributed by atoms with Gasteiger partial charge in [0.15, 0.2) is 11.5 Å². The Morgan fingerprint density at radius 1 is 1.06 bits per heavy atom. The number of nitrogens with two attached hydrogens (primary N) is 1. The average Bonchev–Trinajstić information content (AvgIpc) is 2.39. The van der Waals surface area contributed by atoms with E-state index in [2.05, 4.69) is 6.92 Å². The van der Waals surface area contributed by atoms with Crippen LogP contribution in [0.25, 0.3) is 0 Å². The van der Waals surface area contributed by atoms with Gasteiger partial charge >= 0.3 is 0 Å². The zero-order valence-corrected chi connectivity index (χ0v) is 11.7. The SMILES string of the molecule is CCOc1cc(OC)c(CC(N)CC)cc1OC. The molecule has 0 bridgehead atoms. The van der Waals surface area contributed by atoms with Crippen molar-refractivity contribution in [1.82, 2.24) is 0 Å². The minimum atomic E-state index is 0.126. The first-order valence-corrected chi connectivity index (χ1v) is 6.29. The van der Waals surface area contributed by atoms with Gasteiger partial charge in [-0.15, -0.1) is 0 Å². The first-order chi connectivity index (χ1) is 8.65. The third-order valence-electron chi connectivity index (χ3n) is 2.87. The smallest absolute Gasteiger partial charge is 0.164 e. The number of ether oxygens (including phenoxy) is 3. The summed E-state index contributed by atoms with van der Waals surface area (Å²) in [6.45, 7) is 4.60. The summed E-state index contributed by atoms with van der Waals surface area (Å²) in [6, 6.07) is 3.93. The van der Waals surface area contributed by atoms with Gasteiger partial charge in [-0.1, -0.05) is 6.92 Å². The molecule has 2 N–H and O–H groups in total. The molecule has 0 aliphatic rings. The monoisotopic (exact) mass is 253 g/mol. The quantitative estimate of drug-likeness (QED) is 0.810. The number of rotatable bonds is 7. The highest BCUT2D eigenvalue weighted by molar-refractivity contribution is 5.51. The average molecular weight is 253 g/mol. The molecule has 0 amide bonds. The van der Waals surface area contributed by atoms with Crippen LogP contribution in [0, 0.1) is 0 Å². The van der Waals surface area contributed by atoms with Crippen LogP contribution < -0.4 is 19.9 Å². The Morgan fingerprint density at radius 3 is 2.22 bits per heavy atom. The molecule has 1 unspecified atom stereocenters. The molecule has 1 atom stereocenters. The molecule has 0 spiro atoms. The summed E-state index contributed by atoms with van der Waals surface area (Å²) in [5, 5.41) is 0. The molecule has 0 radical (unpaired) electrons. The van der Waals surface area contributed by atoms with E-state index in [-0.39, 0.29) is 6.04 Å². The maximum atomic E-state index is 5.99. The lowest BCUT2D eigenvalue weighted by atomic mass is 10.0. The molecule has 102 valence electrons. The van der Waals surface area contributed by atoms with Crippen LogP contribution in [0.3, 0.4) is 0 Å². The number of benzene rings is 1. The molecule has 4 heteroatoms.